The van der Waals surface area contributed by atoms with Crippen LogP contribution in [0.5, 0.6) is 0 Å². The fourth-order valence-corrected chi connectivity index (χ4v) is 6.19. The standard InChI is InChI=1S/C21H23N3O3S2/c1-15-9-10-16(13-19(15)29(26,27)24-11-5-2-6-12-24)21(25)22-14-20-23-17-7-3-4-8-18(17)28-20/h3-4,7-10,13H,2,5-6,11-12,14H2,1H3,(H,22,25). The number of fused-ring (bicyclic) bond motifs is 1. The maximum absolute atomic E-state index is 13.0. The molecule has 0 atom stereocenters. The lowest BCUT2D eigenvalue weighted by Crippen LogP contribution is -2.36. The van der Waals surface area contributed by atoms with E-state index in [9.17, 15) is 13.2 Å². The van der Waals surface area contributed by atoms with E-state index in [1.165, 1.54) is 21.7 Å². The molecule has 2 aromatic carbocycles. The van der Waals surface area contributed by atoms with Crippen molar-refractivity contribution in [3.8, 4) is 0 Å². The van der Waals surface area contributed by atoms with Crippen molar-refractivity contribution in [2.75, 3.05) is 13.1 Å². The van der Waals surface area contributed by atoms with Crippen LogP contribution in [0.1, 0.15) is 40.2 Å². The average Bonchev–Trinajstić information content (AvgIpc) is 3.16. The summed E-state index contributed by atoms with van der Waals surface area (Å²) < 4.78 is 28.7. The highest BCUT2D eigenvalue weighted by Gasteiger charge is 2.28. The number of thiazole rings is 1. The molecule has 0 saturated carbocycles. The molecule has 0 bridgehead atoms. The highest BCUT2D eigenvalue weighted by atomic mass is 32.2. The predicted octanol–water partition coefficient (Wildman–Crippen LogP) is 3.71. The van der Waals surface area contributed by atoms with Gasteiger partial charge in [-0.25, -0.2) is 13.4 Å². The second kappa shape index (κ2) is 8.22. The van der Waals surface area contributed by atoms with E-state index in [4.69, 9.17) is 0 Å². The molecule has 1 aliphatic rings. The van der Waals surface area contributed by atoms with E-state index in [-0.39, 0.29) is 10.8 Å². The van der Waals surface area contributed by atoms with E-state index in [1.807, 2.05) is 24.3 Å². The molecule has 1 saturated heterocycles. The smallest absolute Gasteiger partial charge is 0.251 e. The second-order valence-corrected chi connectivity index (χ2v) is 10.2. The van der Waals surface area contributed by atoms with Gasteiger partial charge in [0, 0.05) is 18.7 Å². The number of piperidine rings is 1. The first-order chi connectivity index (χ1) is 13.9. The highest BCUT2D eigenvalue weighted by molar-refractivity contribution is 7.89. The Morgan fingerprint density at radius 1 is 1.14 bits per heavy atom. The van der Waals surface area contributed by atoms with Gasteiger partial charge in [0.05, 0.1) is 21.7 Å². The maximum Gasteiger partial charge on any atom is 0.251 e. The molecule has 1 amide bonds. The molecular formula is C21H23N3O3S2. The van der Waals surface area contributed by atoms with E-state index in [0.29, 0.717) is 30.8 Å². The number of benzene rings is 2. The number of carbonyl (C=O) groups is 1. The molecule has 6 nitrogen and oxygen atoms in total. The molecule has 0 radical (unpaired) electrons. The monoisotopic (exact) mass is 429 g/mol. The van der Waals surface area contributed by atoms with Crippen LogP contribution in [0.3, 0.4) is 0 Å². The average molecular weight is 430 g/mol. The maximum atomic E-state index is 13.0. The molecule has 3 aromatic rings. The number of nitrogens with one attached hydrogen (secondary N) is 1. The molecular weight excluding hydrogens is 406 g/mol. The first-order valence-corrected chi connectivity index (χ1v) is 11.9. The summed E-state index contributed by atoms with van der Waals surface area (Å²) in [5, 5.41) is 3.67. The van der Waals surface area contributed by atoms with Crippen molar-refractivity contribution in [2.45, 2.75) is 37.6 Å². The van der Waals surface area contributed by atoms with Gasteiger partial charge in [0.25, 0.3) is 5.91 Å². The summed E-state index contributed by atoms with van der Waals surface area (Å²) in [4.78, 5) is 17.4. The zero-order valence-corrected chi connectivity index (χ0v) is 17.9. The summed E-state index contributed by atoms with van der Waals surface area (Å²) in [7, 11) is -3.59. The molecule has 0 unspecified atom stereocenters. The number of aromatic nitrogens is 1. The van der Waals surface area contributed by atoms with Gasteiger partial charge in [-0.05, 0) is 49.6 Å². The van der Waals surface area contributed by atoms with Crippen LogP contribution < -0.4 is 5.32 Å². The van der Waals surface area contributed by atoms with Crippen LogP contribution in [0.25, 0.3) is 10.2 Å². The minimum atomic E-state index is -3.59. The number of hydrogen-bond donors (Lipinski definition) is 1. The van der Waals surface area contributed by atoms with Crippen LogP contribution in [0.2, 0.25) is 0 Å². The summed E-state index contributed by atoms with van der Waals surface area (Å²) in [5.74, 6) is -0.306. The van der Waals surface area contributed by atoms with E-state index in [1.54, 1.807) is 19.1 Å². The summed E-state index contributed by atoms with van der Waals surface area (Å²) in [6.45, 7) is 3.14. The van der Waals surface area contributed by atoms with Crippen LogP contribution in [-0.2, 0) is 16.6 Å². The van der Waals surface area contributed by atoms with Gasteiger partial charge in [-0.3, -0.25) is 4.79 Å². The molecule has 1 aliphatic heterocycles. The zero-order valence-electron chi connectivity index (χ0n) is 16.2. The van der Waals surface area contributed by atoms with E-state index < -0.39 is 10.0 Å². The molecule has 0 aliphatic carbocycles. The third-order valence-electron chi connectivity index (χ3n) is 5.12. The third kappa shape index (κ3) is 4.19. The Hall–Kier alpha value is -2.29. The van der Waals surface area contributed by atoms with Gasteiger partial charge in [0.2, 0.25) is 10.0 Å². The van der Waals surface area contributed by atoms with Crippen molar-refractivity contribution < 1.29 is 13.2 Å². The molecule has 1 aromatic heterocycles. The number of aryl methyl sites for hydroxylation is 1. The van der Waals surface area contributed by atoms with Gasteiger partial charge in [-0.2, -0.15) is 4.31 Å². The molecule has 152 valence electrons. The molecule has 1 N–H and O–H groups in total. The minimum absolute atomic E-state index is 0.215. The molecule has 1 fully saturated rings. The lowest BCUT2D eigenvalue weighted by atomic mass is 10.1. The topological polar surface area (TPSA) is 79.4 Å². The van der Waals surface area contributed by atoms with Crippen LogP contribution in [0.15, 0.2) is 47.4 Å². The molecule has 0 spiro atoms. The lowest BCUT2D eigenvalue weighted by molar-refractivity contribution is 0.0950. The van der Waals surface area contributed by atoms with E-state index in [2.05, 4.69) is 10.3 Å². The number of para-hydroxylation sites is 1. The van der Waals surface area contributed by atoms with Crippen molar-refractivity contribution in [2.24, 2.45) is 0 Å². The number of rotatable bonds is 5. The number of nitrogens with zero attached hydrogens (tertiary/aromatic N) is 2. The molecule has 4 rings (SSSR count). The number of sulfonamides is 1. The van der Waals surface area contributed by atoms with Crippen LogP contribution >= 0.6 is 11.3 Å². The third-order valence-corrected chi connectivity index (χ3v) is 8.20. The van der Waals surface area contributed by atoms with Crippen molar-refractivity contribution in [1.29, 1.82) is 0 Å². The van der Waals surface area contributed by atoms with E-state index >= 15 is 0 Å². The minimum Gasteiger partial charge on any atom is -0.346 e. The number of amides is 1. The van der Waals surface area contributed by atoms with Gasteiger partial charge in [-0.15, -0.1) is 11.3 Å². The fourth-order valence-electron chi connectivity index (χ4n) is 3.52. The summed E-state index contributed by atoms with van der Waals surface area (Å²) in [5.41, 5.74) is 1.90. The van der Waals surface area contributed by atoms with E-state index in [0.717, 1.165) is 34.5 Å². The van der Waals surface area contributed by atoms with Gasteiger partial charge in [0.1, 0.15) is 5.01 Å². The molecule has 2 heterocycles. The Morgan fingerprint density at radius 2 is 1.90 bits per heavy atom. The Labute approximate surface area is 174 Å². The van der Waals surface area contributed by atoms with Crippen molar-refractivity contribution >= 4 is 37.5 Å². The van der Waals surface area contributed by atoms with Crippen LogP contribution in [-0.4, -0.2) is 36.7 Å². The normalized spacial score (nSPS) is 15.5. The predicted molar refractivity (Wildman–Crippen MR) is 115 cm³/mol. The summed E-state index contributed by atoms with van der Waals surface area (Å²) in [6, 6.07) is 12.7. The molecule has 8 heteroatoms. The van der Waals surface area contributed by atoms with Crippen LogP contribution in [0, 0.1) is 6.92 Å². The Balaban J connectivity index is 1.52. The quantitative estimate of drug-likeness (QED) is 0.671. The number of carbonyl (C=O) groups excluding carboxylic acids is 1. The SMILES string of the molecule is Cc1ccc(C(=O)NCc2nc3ccccc3s2)cc1S(=O)(=O)N1CCCCC1. The van der Waals surface area contributed by atoms with Gasteiger partial charge in [0.15, 0.2) is 0 Å². The number of hydrogen-bond acceptors (Lipinski definition) is 5. The lowest BCUT2D eigenvalue weighted by Gasteiger charge is -2.26. The van der Waals surface area contributed by atoms with Crippen molar-refractivity contribution in [3.05, 3.63) is 58.6 Å². The first kappa shape index (κ1) is 20.0. The molecule has 29 heavy (non-hydrogen) atoms. The van der Waals surface area contributed by atoms with Gasteiger partial charge < -0.3 is 5.32 Å². The fraction of sp³-hybridized carbons (Fsp3) is 0.333. The highest BCUT2D eigenvalue weighted by Crippen LogP contribution is 2.25. The Morgan fingerprint density at radius 3 is 2.66 bits per heavy atom. The summed E-state index contributed by atoms with van der Waals surface area (Å²) in [6.07, 6.45) is 2.81. The van der Waals surface area contributed by atoms with Crippen LogP contribution in [0.4, 0.5) is 0 Å². The Kier molecular flexibility index (Phi) is 5.67. The largest absolute Gasteiger partial charge is 0.346 e. The zero-order chi connectivity index (χ0) is 20.4. The first-order valence-electron chi connectivity index (χ1n) is 9.68. The van der Waals surface area contributed by atoms with Crippen molar-refractivity contribution in [1.82, 2.24) is 14.6 Å². The van der Waals surface area contributed by atoms with Crippen molar-refractivity contribution in [3.63, 3.8) is 0 Å². The Bertz CT molecular complexity index is 1120. The second-order valence-electron chi connectivity index (χ2n) is 7.20. The summed E-state index contributed by atoms with van der Waals surface area (Å²) >= 11 is 1.53. The van der Waals surface area contributed by atoms with Gasteiger partial charge in [-0.1, -0.05) is 24.6 Å². The van der Waals surface area contributed by atoms with Gasteiger partial charge >= 0.3 is 0 Å².